The third-order valence-corrected chi connectivity index (χ3v) is 2.75. The highest BCUT2D eigenvalue weighted by atomic mass is 35.5. The Labute approximate surface area is 97.1 Å². The maximum atomic E-state index is 12.0. The molecule has 16 heavy (non-hydrogen) atoms. The Morgan fingerprint density at radius 3 is 2.94 bits per heavy atom. The molecule has 0 fully saturated rings. The molecule has 1 aromatic heterocycles. The number of halogens is 1. The number of aromatic nitrogens is 2. The fraction of sp³-hybridized carbons (Fsp3) is 0.273. The standard InChI is InChI=1S/C11H11ClN2O2/c1-7-3-2-4-8-9(7)13-11(12)14(5-6-15)10(8)16/h2-4,15H,5-6H2,1H3. The minimum Gasteiger partial charge on any atom is -0.395 e. The summed E-state index contributed by atoms with van der Waals surface area (Å²) in [6.07, 6.45) is 0. The van der Waals surface area contributed by atoms with E-state index in [0.717, 1.165) is 5.56 Å². The molecule has 0 radical (unpaired) electrons. The molecule has 0 amide bonds. The fourth-order valence-corrected chi connectivity index (χ4v) is 1.90. The van der Waals surface area contributed by atoms with Crippen LogP contribution in [0.3, 0.4) is 0 Å². The molecule has 0 saturated heterocycles. The first-order chi connectivity index (χ1) is 7.65. The highest BCUT2D eigenvalue weighted by molar-refractivity contribution is 6.28. The van der Waals surface area contributed by atoms with E-state index in [4.69, 9.17) is 16.7 Å². The molecule has 1 aromatic carbocycles. The predicted molar refractivity (Wildman–Crippen MR) is 62.8 cm³/mol. The molecule has 1 N–H and O–H groups in total. The Kier molecular flexibility index (Phi) is 2.94. The van der Waals surface area contributed by atoms with E-state index in [-0.39, 0.29) is 24.0 Å². The van der Waals surface area contributed by atoms with Crippen molar-refractivity contribution in [2.75, 3.05) is 6.61 Å². The number of aryl methyl sites for hydroxylation is 1. The minimum absolute atomic E-state index is 0.112. The molecule has 0 saturated carbocycles. The fourth-order valence-electron chi connectivity index (χ4n) is 1.66. The Morgan fingerprint density at radius 1 is 1.50 bits per heavy atom. The number of rotatable bonds is 2. The van der Waals surface area contributed by atoms with Crippen LogP contribution in [0.5, 0.6) is 0 Å². The first-order valence-electron chi connectivity index (χ1n) is 4.91. The summed E-state index contributed by atoms with van der Waals surface area (Å²) in [5.41, 5.74) is 1.31. The number of benzene rings is 1. The lowest BCUT2D eigenvalue weighted by molar-refractivity contribution is 0.274. The van der Waals surface area contributed by atoms with E-state index in [1.165, 1.54) is 4.57 Å². The number of para-hydroxylation sites is 1. The van der Waals surface area contributed by atoms with Crippen molar-refractivity contribution in [3.8, 4) is 0 Å². The molecule has 4 nitrogen and oxygen atoms in total. The third kappa shape index (κ3) is 1.70. The average molecular weight is 239 g/mol. The van der Waals surface area contributed by atoms with Crippen LogP contribution in [0.15, 0.2) is 23.0 Å². The van der Waals surface area contributed by atoms with Gasteiger partial charge >= 0.3 is 0 Å². The third-order valence-electron chi connectivity index (χ3n) is 2.46. The van der Waals surface area contributed by atoms with Gasteiger partial charge in [0, 0.05) is 0 Å². The van der Waals surface area contributed by atoms with Crippen molar-refractivity contribution >= 4 is 22.5 Å². The second-order valence-corrected chi connectivity index (χ2v) is 3.87. The monoisotopic (exact) mass is 238 g/mol. The maximum absolute atomic E-state index is 12.0. The molecule has 0 aliphatic rings. The summed E-state index contributed by atoms with van der Waals surface area (Å²) in [4.78, 5) is 16.2. The average Bonchev–Trinajstić information content (AvgIpc) is 2.26. The number of aliphatic hydroxyl groups is 1. The highest BCUT2D eigenvalue weighted by Crippen LogP contribution is 2.15. The van der Waals surface area contributed by atoms with Gasteiger partial charge in [-0.1, -0.05) is 12.1 Å². The maximum Gasteiger partial charge on any atom is 0.262 e. The van der Waals surface area contributed by atoms with Crippen LogP contribution in [0.25, 0.3) is 10.9 Å². The Bertz CT molecular complexity index is 592. The van der Waals surface area contributed by atoms with Gasteiger partial charge in [0.05, 0.1) is 24.1 Å². The SMILES string of the molecule is Cc1cccc2c(=O)n(CCO)c(Cl)nc12. The lowest BCUT2D eigenvalue weighted by Crippen LogP contribution is -2.23. The van der Waals surface area contributed by atoms with Crippen molar-refractivity contribution < 1.29 is 5.11 Å². The lowest BCUT2D eigenvalue weighted by Gasteiger charge is -2.08. The van der Waals surface area contributed by atoms with Crippen molar-refractivity contribution in [2.24, 2.45) is 0 Å². The topological polar surface area (TPSA) is 55.1 Å². The van der Waals surface area contributed by atoms with E-state index in [0.29, 0.717) is 10.9 Å². The molecule has 0 atom stereocenters. The lowest BCUT2D eigenvalue weighted by atomic mass is 10.1. The summed E-state index contributed by atoms with van der Waals surface area (Å²) in [6, 6.07) is 5.39. The van der Waals surface area contributed by atoms with Crippen LogP contribution in [0.2, 0.25) is 5.28 Å². The van der Waals surface area contributed by atoms with Gasteiger partial charge in [0.25, 0.3) is 5.56 Å². The predicted octanol–water partition coefficient (Wildman–Crippen LogP) is 1.35. The molecular formula is C11H11ClN2O2. The van der Waals surface area contributed by atoms with Gasteiger partial charge in [-0.05, 0) is 30.2 Å². The van der Waals surface area contributed by atoms with Gasteiger partial charge < -0.3 is 5.11 Å². The normalized spacial score (nSPS) is 10.9. The summed E-state index contributed by atoms with van der Waals surface area (Å²) >= 11 is 5.90. The molecule has 0 bridgehead atoms. The number of fused-ring (bicyclic) bond motifs is 1. The zero-order chi connectivity index (χ0) is 11.7. The highest BCUT2D eigenvalue weighted by Gasteiger charge is 2.09. The second-order valence-electron chi connectivity index (χ2n) is 3.53. The molecule has 1 heterocycles. The van der Waals surface area contributed by atoms with E-state index in [9.17, 15) is 4.79 Å². The first kappa shape index (κ1) is 11.1. The smallest absolute Gasteiger partial charge is 0.262 e. The largest absolute Gasteiger partial charge is 0.395 e. The molecule has 0 aliphatic carbocycles. The van der Waals surface area contributed by atoms with E-state index >= 15 is 0 Å². The number of nitrogens with zero attached hydrogens (tertiary/aromatic N) is 2. The Balaban J connectivity index is 2.84. The molecule has 2 aromatic rings. The van der Waals surface area contributed by atoms with Gasteiger partial charge in [0.15, 0.2) is 0 Å². The van der Waals surface area contributed by atoms with Crippen LogP contribution in [0.1, 0.15) is 5.56 Å². The summed E-state index contributed by atoms with van der Waals surface area (Å²) in [5, 5.41) is 9.49. The number of aliphatic hydroxyl groups excluding tert-OH is 1. The van der Waals surface area contributed by atoms with Crippen LogP contribution in [0, 0.1) is 6.92 Å². The van der Waals surface area contributed by atoms with Crippen LogP contribution in [0.4, 0.5) is 0 Å². The summed E-state index contributed by atoms with van der Waals surface area (Å²) < 4.78 is 1.27. The zero-order valence-electron chi connectivity index (χ0n) is 8.77. The van der Waals surface area contributed by atoms with Crippen LogP contribution in [-0.4, -0.2) is 21.3 Å². The van der Waals surface area contributed by atoms with Gasteiger partial charge in [-0.2, -0.15) is 0 Å². The first-order valence-corrected chi connectivity index (χ1v) is 5.29. The molecular weight excluding hydrogens is 228 g/mol. The molecule has 2 rings (SSSR count). The molecule has 84 valence electrons. The summed E-state index contributed by atoms with van der Waals surface area (Å²) in [5.74, 6) is 0. The van der Waals surface area contributed by atoms with Gasteiger partial charge in [0.2, 0.25) is 5.28 Å². The molecule has 0 unspecified atom stereocenters. The van der Waals surface area contributed by atoms with E-state index < -0.39 is 0 Å². The van der Waals surface area contributed by atoms with Crippen molar-refractivity contribution in [2.45, 2.75) is 13.5 Å². The quantitative estimate of drug-likeness (QED) is 0.804. The van der Waals surface area contributed by atoms with Crippen molar-refractivity contribution in [1.29, 1.82) is 0 Å². The summed E-state index contributed by atoms with van der Waals surface area (Å²) in [6.45, 7) is 1.90. The molecule has 0 aliphatic heterocycles. The van der Waals surface area contributed by atoms with E-state index in [1.54, 1.807) is 12.1 Å². The van der Waals surface area contributed by atoms with Crippen LogP contribution in [-0.2, 0) is 6.54 Å². The minimum atomic E-state index is -0.215. The van der Waals surface area contributed by atoms with Crippen LogP contribution < -0.4 is 5.56 Å². The van der Waals surface area contributed by atoms with Crippen molar-refractivity contribution in [3.05, 3.63) is 39.4 Å². The molecule has 5 heteroatoms. The van der Waals surface area contributed by atoms with E-state index in [1.807, 2.05) is 13.0 Å². The van der Waals surface area contributed by atoms with Gasteiger partial charge in [-0.3, -0.25) is 9.36 Å². The number of hydrogen-bond donors (Lipinski definition) is 1. The van der Waals surface area contributed by atoms with Crippen molar-refractivity contribution in [3.63, 3.8) is 0 Å². The zero-order valence-corrected chi connectivity index (χ0v) is 9.53. The second kappa shape index (κ2) is 4.23. The van der Waals surface area contributed by atoms with Gasteiger partial charge in [-0.15, -0.1) is 0 Å². The van der Waals surface area contributed by atoms with E-state index in [2.05, 4.69) is 4.98 Å². The Morgan fingerprint density at radius 2 is 2.25 bits per heavy atom. The summed E-state index contributed by atoms with van der Waals surface area (Å²) in [7, 11) is 0. The number of hydrogen-bond acceptors (Lipinski definition) is 3. The van der Waals surface area contributed by atoms with Crippen molar-refractivity contribution in [1.82, 2.24) is 9.55 Å². The molecule has 0 spiro atoms. The van der Waals surface area contributed by atoms with Gasteiger partial charge in [0.1, 0.15) is 0 Å². The van der Waals surface area contributed by atoms with Gasteiger partial charge in [-0.25, -0.2) is 4.98 Å². The van der Waals surface area contributed by atoms with Crippen LogP contribution >= 0.6 is 11.6 Å². The Hall–Kier alpha value is -1.39.